The first kappa shape index (κ1) is 16.0. The number of carbonyl (C=O) groups is 1. The average molecular weight is 301 g/mol. The largest absolute Gasteiger partial charge is 0.481 e. The van der Waals surface area contributed by atoms with Crippen LogP contribution in [0.2, 0.25) is 0 Å². The lowest BCUT2D eigenvalue weighted by Crippen LogP contribution is -2.27. The molecule has 0 spiro atoms. The number of carboxylic acids is 1. The minimum atomic E-state index is -0.824. The van der Waals surface area contributed by atoms with E-state index < -0.39 is 5.97 Å². The molecule has 0 saturated carbocycles. The van der Waals surface area contributed by atoms with Crippen LogP contribution in [0.25, 0.3) is 0 Å². The van der Waals surface area contributed by atoms with Gasteiger partial charge in [-0.1, -0.05) is 30.3 Å². The van der Waals surface area contributed by atoms with Gasteiger partial charge >= 0.3 is 5.97 Å². The van der Waals surface area contributed by atoms with Gasteiger partial charge in [-0.2, -0.15) is 0 Å². The Hall–Kier alpha value is -2.36. The number of halogens is 1. The first-order valence-corrected chi connectivity index (χ1v) is 7.41. The van der Waals surface area contributed by atoms with E-state index in [2.05, 4.69) is 12.1 Å². The maximum atomic E-state index is 13.0. The van der Waals surface area contributed by atoms with Crippen LogP contribution in [0.4, 0.5) is 10.1 Å². The van der Waals surface area contributed by atoms with E-state index in [9.17, 15) is 9.18 Å². The van der Waals surface area contributed by atoms with Crippen molar-refractivity contribution < 1.29 is 14.3 Å². The van der Waals surface area contributed by atoms with Gasteiger partial charge in [-0.3, -0.25) is 4.79 Å². The van der Waals surface area contributed by atoms with Crippen molar-refractivity contribution in [1.29, 1.82) is 0 Å². The summed E-state index contributed by atoms with van der Waals surface area (Å²) in [5, 5.41) is 8.87. The molecule has 0 heterocycles. The molecule has 0 aromatic heterocycles. The van der Waals surface area contributed by atoms with Gasteiger partial charge in [0.25, 0.3) is 0 Å². The Balaban J connectivity index is 1.95. The molecule has 2 aromatic rings. The van der Waals surface area contributed by atoms with Crippen LogP contribution in [0.1, 0.15) is 18.4 Å². The second kappa shape index (κ2) is 8.17. The van der Waals surface area contributed by atoms with E-state index in [1.807, 2.05) is 23.1 Å². The number of hydrogen-bond acceptors (Lipinski definition) is 2. The molecule has 4 heteroatoms. The number of carboxylic acid groups (broad SMARTS) is 1. The molecule has 0 aliphatic rings. The summed E-state index contributed by atoms with van der Waals surface area (Å²) in [7, 11) is 0. The van der Waals surface area contributed by atoms with E-state index in [1.54, 1.807) is 12.1 Å². The highest BCUT2D eigenvalue weighted by Crippen LogP contribution is 2.16. The molecule has 0 amide bonds. The molecule has 2 rings (SSSR count). The van der Waals surface area contributed by atoms with E-state index in [0.29, 0.717) is 6.54 Å². The lowest BCUT2D eigenvalue weighted by Gasteiger charge is -2.24. The smallest absolute Gasteiger partial charge is 0.305 e. The van der Waals surface area contributed by atoms with Crippen LogP contribution < -0.4 is 4.90 Å². The fraction of sp³-hybridized carbons (Fsp3) is 0.278. The van der Waals surface area contributed by atoms with Gasteiger partial charge in [0.1, 0.15) is 5.82 Å². The summed E-state index contributed by atoms with van der Waals surface area (Å²) in [6.45, 7) is 1.17. The predicted octanol–water partition coefficient (Wildman–Crippen LogP) is 3.74. The summed E-state index contributed by atoms with van der Waals surface area (Å²) in [5.41, 5.74) is 2.12. The molecule has 22 heavy (non-hydrogen) atoms. The fourth-order valence-electron chi connectivity index (χ4n) is 2.37. The molecule has 0 radical (unpaired) electrons. The third-order valence-corrected chi connectivity index (χ3v) is 3.52. The highest BCUT2D eigenvalue weighted by molar-refractivity contribution is 5.67. The number of aliphatic carboxylic acids is 1. The standard InChI is InChI=1S/C18H20FNO2/c19-16-8-10-17(11-9-16)20(14-12-18(21)22)13-4-7-15-5-2-1-3-6-15/h1-3,5-6,8-11H,4,7,12-14H2,(H,21,22). The summed E-state index contributed by atoms with van der Waals surface area (Å²) in [6.07, 6.45) is 1.93. The van der Waals surface area contributed by atoms with E-state index in [1.165, 1.54) is 17.7 Å². The van der Waals surface area contributed by atoms with Crippen molar-refractivity contribution >= 4 is 11.7 Å². The molecule has 116 valence electrons. The molecule has 1 N–H and O–H groups in total. The second-order valence-corrected chi connectivity index (χ2v) is 5.20. The molecule has 2 aromatic carbocycles. The fourth-order valence-corrected chi connectivity index (χ4v) is 2.37. The zero-order valence-corrected chi connectivity index (χ0v) is 12.4. The van der Waals surface area contributed by atoms with E-state index in [4.69, 9.17) is 5.11 Å². The van der Waals surface area contributed by atoms with Crippen molar-refractivity contribution in [3.63, 3.8) is 0 Å². The van der Waals surface area contributed by atoms with Crippen molar-refractivity contribution in [3.05, 3.63) is 66.0 Å². The van der Waals surface area contributed by atoms with E-state index >= 15 is 0 Å². The molecule has 0 aliphatic carbocycles. The average Bonchev–Trinajstić information content (AvgIpc) is 2.52. The zero-order chi connectivity index (χ0) is 15.8. The molecule has 0 unspecified atom stereocenters. The van der Waals surface area contributed by atoms with Gasteiger partial charge < -0.3 is 10.0 Å². The first-order chi connectivity index (χ1) is 10.6. The topological polar surface area (TPSA) is 40.5 Å². The molecule has 0 aliphatic heterocycles. The van der Waals surface area contributed by atoms with Gasteiger partial charge in [0.15, 0.2) is 0 Å². The monoisotopic (exact) mass is 301 g/mol. The number of hydrogen-bond donors (Lipinski definition) is 1. The summed E-state index contributed by atoms with van der Waals surface area (Å²) >= 11 is 0. The number of anilines is 1. The SMILES string of the molecule is O=C(O)CCN(CCCc1ccccc1)c1ccc(F)cc1. The third-order valence-electron chi connectivity index (χ3n) is 3.52. The van der Waals surface area contributed by atoms with Crippen molar-refractivity contribution in [3.8, 4) is 0 Å². The van der Waals surface area contributed by atoms with Gasteiger partial charge in [0, 0.05) is 18.8 Å². The van der Waals surface area contributed by atoms with Gasteiger partial charge in [-0.15, -0.1) is 0 Å². The predicted molar refractivity (Wildman–Crippen MR) is 85.6 cm³/mol. The van der Waals surface area contributed by atoms with Gasteiger partial charge in [0.2, 0.25) is 0 Å². The van der Waals surface area contributed by atoms with Crippen molar-refractivity contribution in [1.82, 2.24) is 0 Å². The lowest BCUT2D eigenvalue weighted by molar-refractivity contribution is -0.136. The van der Waals surface area contributed by atoms with E-state index in [-0.39, 0.29) is 12.2 Å². The van der Waals surface area contributed by atoms with Crippen molar-refractivity contribution in [2.24, 2.45) is 0 Å². The Morgan fingerprint density at radius 3 is 2.32 bits per heavy atom. The Morgan fingerprint density at radius 2 is 1.68 bits per heavy atom. The van der Waals surface area contributed by atoms with Gasteiger partial charge in [-0.05, 0) is 42.7 Å². The van der Waals surface area contributed by atoms with E-state index in [0.717, 1.165) is 25.1 Å². The molecular weight excluding hydrogens is 281 g/mol. The Kier molecular flexibility index (Phi) is 5.95. The third kappa shape index (κ3) is 5.20. The van der Waals surface area contributed by atoms with Crippen LogP contribution in [0.5, 0.6) is 0 Å². The summed E-state index contributed by atoms with van der Waals surface area (Å²) < 4.78 is 13.0. The number of benzene rings is 2. The van der Waals surface area contributed by atoms with Crippen LogP contribution in [0.3, 0.4) is 0 Å². The Bertz CT molecular complexity index is 584. The number of rotatable bonds is 8. The molecule has 0 atom stereocenters. The molecule has 3 nitrogen and oxygen atoms in total. The summed E-state index contributed by atoms with van der Waals surface area (Å²) in [5.74, 6) is -1.11. The van der Waals surface area contributed by atoms with Crippen molar-refractivity contribution in [2.45, 2.75) is 19.3 Å². The maximum absolute atomic E-state index is 13.0. The highest BCUT2D eigenvalue weighted by Gasteiger charge is 2.09. The summed E-state index contributed by atoms with van der Waals surface area (Å²) in [4.78, 5) is 12.8. The van der Waals surface area contributed by atoms with Crippen LogP contribution in [0.15, 0.2) is 54.6 Å². The van der Waals surface area contributed by atoms with Crippen LogP contribution >= 0.6 is 0 Å². The summed E-state index contributed by atoms with van der Waals surface area (Å²) in [6, 6.07) is 16.4. The Morgan fingerprint density at radius 1 is 1.00 bits per heavy atom. The maximum Gasteiger partial charge on any atom is 0.305 e. The van der Waals surface area contributed by atoms with Gasteiger partial charge in [0.05, 0.1) is 6.42 Å². The lowest BCUT2D eigenvalue weighted by atomic mass is 10.1. The quantitative estimate of drug-likeness (QED) is 0.807. The molecular formula is C18H20FNO2. The van der Waals surface area contributed by atoms with Gasteiger partial charge in [-0.25, -0.2) is 4.39 Å². The normalized spacial score (nSPS) is 10.4. The molecule has 0 fully saturated rings. The second-order valence-electron chi connectivity index (χ2n) is 5.20. The number of aryl methyl sites for hydroxylation is 1. The molecule has 0 saturated heterocycles. The first-order valence-electron chi connectivity index (χ1n) is 7.41. The van der Waals surface area contributed by atoms with Crippen LogP contribution in [-0.2, 0) is 11.2 Å². The Labute approximate surface area is 130 Å². The van der Waals surface area contributed by atoms with Crippen LogP contribution in [0, 0.1) is 5.82 Å². The highest BCUT2D eigenvalue weighted by atomic mass is 19.1. The minimum absolute atomic E-state index is 0.0721. The van der Waals surface area contributed by atoms with Crippen LogP contribution in [-0.4, -0.2) is 24.2 Å². The minimum Gasteiger partial charge on any atom is -0.481 e. The number of nitrogens with zero attached hydrogens (tertiary/aromatic N) is 1. The van der Waals surface area contributed by atoms with Crippen molar-refractivity contribution in [2.75, 3.05) is 18.0 Å². The molecule has 0 bridgehead atoms. The zero-order valence-electron chi connectivity index (χ0n) is 12.4.